The third-order valence-corrected chi connectivity index (χ3v) is 11.7. The van der Waals surface area contributed by atoms with Crippen molar-refractivity contribution in [2.24, 2.45) is 0 Å². The van der Waals surface area contributed by atoms with Gasteiger partial charge in [-0.3, -0.25) is 14.2 Å². The molecule has 6 aromatic rings. The molecule has 0 bridgehead atoms. The molecular formula is C38H27Br3Cl4N6O2. The molecule has 4 aromatic carbocycles. The fraction of sp³-hybridized carbons (Fsp3) is 0.158. The van der Waals surface area contributed by atoms with E-state index in [4.69, 9.17) is 46.4 Å². The Balaban J connectivity index is 0.000000164. The van der Waals surface area contributed by atoms with Crippen molar-refractivity contribution in [3.8, 4) is 0 Å². The average Bonchev–Trinajstić information content (AvgIpc) is 3.82. The predicted molar refractivity (Wildman–Crippen MR) is 222 cm³/mol. The molecule has 0 spiro atoms. The van der Waals surface area contributed by atoms with Gasteiger partial charge in [0.25, 0.3) is 11.8 Å². The minimum absolute atomic E-state index is 0.0677. The quantitative estimate of drug-likeness (QED) is 0.167. The van der Waals surface area contributed by atoms with Crippen molar-refractivity contribution in [3.05, 3.63) is 148 Å². The van der Waals surface area contributed by atoms with Crippen LogP contribution in [0.4, 0.5) is 23.3 Å². The number of nitrogens with zero attached hydrogens (tertiary/aromatic N) is 6. The minimum atomic E-state index is -0.840. The Morgan fingerprint density at radius 1 is 0.604 bits per heavy atom. The van der Waals surface area contributed by atoms with E-state index >= 15 is 0 Å². The Hall–Kier alpha value is -3.16. The zero-order chi connectivity index (χ0) is 37.8. The molecule has 0 N–H and O–H groups in total. The Kier molecular flexibility index (Phi) is 10.7. The van der Waals surface area contributed by atoms with Gasteiger partial charge in [0.2, 0.25) is 11.9 Å². The molecule has 2 aromatic heterocycles. The first kappa shape index (κ1) is 38.1. The Bertz CT molecular complexity index is 2350. The van der Waals surface area contributed by atoms with E-state index in [1.54, 1.807) is 58.6 Å². The van der Waals surface area contributed by atoms with Crippen molar-refractivity contribution in [3.63, 3.8) is 0 Å². The lowest BCUT2D eigenvalue weighted by Gasteiger charge is -2.26. The highest BCUT2D eigenvalue weighted by molar-refractivity contribution is 9.11. The third kappa shape index (κ3) is 7.22. The normalized spacial score (nSPS) is 19.0. The fourth-order valence-electron chi connectivity index (χ4n) is 6.76. The molecule has 0 unspecified atom stereocenters. The van der Waals surface area contributed by atoms with Crippen LogP contribution in [0, 0.1) is 0 Å². The van der Waals surface area contributed by atoms with Crippen LogP contribution in [-0.4, -0.2) is 30.9 Å². The second-order valence-corrected chi connectivity index (χ2v) is 17.4. The van der Waals surface area contributed by atoms with E-state index < -0.39 is 11.1 Å². The SMILES string of the molecule is C[C@@]1(Cc2ccc(Br)cc2)C(=O)N(c2cc(Cl)cc(Cl)c2)c2ncc(Br)n21.C[C@@]1(Cc2ccc(Br)cc2)C(=O)N(c2cc(Cl)cc(Cl)c2)c2nccn21. The number of hydrogen-bond donors (Lipinski definition) is 0. The molecule has 0 saturated carbocycles. The highest BCUT2D eigenvalue weighted by Gasteiger charge is 2.50. The topological polar surface area (TPSA) is 76.3 Å². The van der Waals surface area contributed by atoms with Gasteiger partial charge in [-0.1, -0.05) is 103 Å². The lowest BCUT2D eigenvalue weighted by molar-refractivity contribution is -0.124. The summed E-state index contributed by atoms with van der Waals surface area (Å²) in [7, 11) is 0. The second kappa shape index (κ2) is 14.8. The number of aromatic nitrogens is 4. The largest absolute Gasteiger partial charge is 0.301 e. The van der Waals surface area contributed by atoms with Crippen LogP contribution in [-0.2, 0) is 33.5 Å². The Morgan fingerprint density at radius 3 is 1.53 bits per heavy atom. The summed E-state index contributed by atoms with van der Waals surface area (Å²) in [6.07, 6.45) is 6.29. The molecule has 2 aliphatic rings. The standard InChI is InChI=1S/C19H13Br2Cl2N3O.C19H14BrCl2N3O/c1-19(9-11-2-4-12(20)5-3-11)17(27)25(18-24-10-16(21)26(18)19)15-7-13(22)6-14(23)8-15;1-19(11-12-2-4-13(20)5-3-12)17(26)25(18-23-6-7-24(18)19)16-9-14(21)8-15(22)10-16/h2-8,10H,9H2,1H3;2-10H,11H2,1H3/t2*19-/m11/s1. The van der Waals surface area contributed by atoms with Gasteiger partial charge in [-0.25, -0.2) is 19.8 Å². The van der Waals surface area contributed by atoms with E-state index in [2.05, 4.69) is 57.8 Å². The summed E-state index contributed by atoms with van der Waals surface area (Å²) in [6, 6.07) is 26.1. The predicted octanol–water partition coefficient (Wildman–Crippen LogP) is 11.9. The van der Waals surface area contributed by atoms with Crippen molar-refractivity contribution in [2.45, 2.75) is 37.8 Å². The number of imidazole rings is 2. The van der Waals surface area contributed by atoms with E-state index in [0.717, 1.165) is 24.7 Å². The second-order valence-electron chi connectivity index (χ2n) is 13.0. The summed E-state index contributed by atoms with van der Waals surface area (Å²) < 4.78 is 6.55. The van der Waals surface area contributed by atoms with Gasteiger partial charge in [-0.2, -0.15) is 0 Å². The molecule has 4 heterocycles. The number of amides is 2. The van der Waals surface area contributed by atoms with E-state index in [9.17, 15) is 9.59 Å². The molecule has 270 valence electrons. The van der Waals surface area contributed by atoms with Crippen molar-refractivity contribution in [2.75, 3.05) is 9.80 Å². The minimum Gasteiger partial charge on any atom is -0.301 e. The maximum Gasteiger partial charge on any atom is 0.260 e. The third-order valence-electron chi connectivity index (χ3n) is 9.21. The number of carbonyl (C=O) groups excluding carboxylic acids is 2. The Labute approximate surface area is 351 Å². The molecule has 2 amide bonds. The molecule has 15 heteroatoms. The van der Waals surface area contributed by atoms with Gasteiger partial charge >= 0.3 is 0 Å². The van der Waals surface area contributed by atoms with Gasteiger partial charge in [0.05, 0.1) is 17.6 Å². The van der Waals surface area contributed by atoms with Crippen LogP contribution in [0.3, 0.4) is 0 Å². The molecule has 0 fully saturated rings. The summed E-state index contributed by atoms with van der Waals surface area (Å²) >= 11 is 35.0. The first-order valence-electron chi connectivity index (χ1n) is 16.1. The van der Waals surface area contributed by atoms with Gasteiger partial charge in [-0.05, 0) is 102 Å². The average molecular weight is 981 g/mol. The summed E-state index contributed by atoms with van der Waals surface area (Å²) in [5, 5.41) is 1.87. The summed E-state index contributed by atoms with van der Waals surface area (Å²) in [4.78, 5) is 38.9. The van der Waals surface area contributed by atoms with Crippen molar-refractivity contribution >= 4 is 129 Å². The molecule has 0 aliphatic carbocycles. The zero-order valence-electron chi connectivity index (χ0n) is 27.9. The van der Waals surface area contributed by atoms with Gasteiger partial charge in [0, 0.05) is 54.3 Å². The molecule has 2 atom stereocenters. The highest BCUT2D eigenvalue weighted by atomic mass is 79.9. The lowest BCUT2D eigenvalue weighted by atomic mass is 9.92. The number of benzene rings is 4. The monoisotopic (exact) mass is 976 g/mol. The van der Waals surface area contributed by atoms with Crippen LogP contribution < -0.4 is 9.80 Å². The number of anilines is 4. The van der Waals surface area contributed by atoms with Crippen LogP contribution in [0.2, 0.25) is 20.1 Å². The van der Waals surface area contributed by atoms with Gasteiger partial charge in [-0.15, -0.1) is 0 Å². The maximum absolute atomic E-state index is 13.5. The van der Waals surface area contributed by atoms with Crippen molar-refractivity contribution < 1.29 is 9.59 Å². The first-order valence-corrected chi connectivity index (χ1v) is 19.9. The molecule has 0 saturated heterocycles. The van der Waals surface area contributed by atoms with Crippen LogP contribution >= 0.6 is 94.2 Å². The highest BCUT2D eigenvalue weighted by Crippen LogP contribution is 2.45. The zero-order valence-corrected chi connectivity index (χ0v) is 35.7. The number of halogens is 7. The van der Waals surface area contributed by atoms with E-state index in [-0.39, 0.29) is 11.8 Å². The fourth-order valence-corrected chi connectivity index (χ4v) is 8.97. The van der Waals surface area contributed by atoms with Crippen LogP contribution in [0.1, 0.15) is 25.0 Å². The maximum atomic E-state index is 13.5. The van der Waals surface area contributed by atoms with Crippen molar-refractivity contribution in [1.82, 2.24) is 19.1 Å². The number of rotatable bonds is 6. The molecule has 0 radical (unpaired) electrons. The molecule has 8 nitrogen and oxygen atoms in total. The summed E-state index contributed by atoms with van der Waals surface area (Å²) in [6.45, 7) is 3.84. The molecule has 53 heavy (non-hydrogen) atoms. The van der Waals surface area contributed by atoms with Gasteiger partial charge < -0.3 is 4.57 Å². The van der Waals surface area contributed by atoms with E-state index in [1.165, 1.54) is 0 Å². The Morgan fingerprint density at radius 2 is 1.04 bits per heavy atom. The number of fused-ring (bicyclic) bond motifs is 2. The number of carbonyl (C=O) groups is 2. The van der Waals surface area contributed by atoms with Crippen LogP contribution in [0.5, 0.6) is 0 Å². The number of hydrogen-bond acceptors (Lipinski definition) is 4. The molecule has 2 aliphatic heterocycles. The van der Waals surface area contributed by atoms with Crippen LogP contribution in [0.25, 0.3) is 0 Å². The van der Waals surface area contributed by atoms with E-state index in [0.29, 0.717) is 56.2 Å². The van der Waals surface area contributed by atoms with E-state index in [1.807, 2.05) is 77.7 Å². The van der Waals surface area contributed by atoms with Gasteiger partial charge in [0.1, 0.15) is 15.7 Å². The van der Waals surface area contributed by atoms with Crippen LogP contribution in [0.15, 0.2) is 117 Å². The molecule has 8 rings (SSSR count). The van der Waals surface area contributed by atoms with Crippen molar-refractivity contribution in [1.29, 1.82) is 0 Å². The first-order chi connectivity index (χ1) is 25.2. The summed E-state index contributed by atoms with van der Waals surface area (Å²) in [5.74, 6) is 0.937. The molecular weight excluding hydrogens is 954 g/mol. The smallest absolute Gasteiger partial charge is 0.260 e. The lowest BCUT2D eigenvalue weighted by Crippen LogP contribution is -2.41. The summed E-state index contributed by atoms with van der Waals surface area (Å²) in [5.41, 5.74) is 1.69. The van der Waals surface area contributed by atoms with Gasteiger partial charge in [0.15, 0.2) is 0 Å².